The first-order chi connectivity index (χ1) is 18.9. The molecule has 0 spiro atoms. The zero-order valence-electron chi connectivity index (χ0n) is 22.0. The number of amides is 1. The SMILES string of the molecule is NCc1ccc(C(=O)Nc2ccncc2F)cc1-c1cccc(CC(=O)OCC23CC4CC(CC(C4)C2)C3)c1. The Morgan fingerprint density at radius 3 is 2.46 bits per heavy atom. The Balaban J connectivity index is 1.15. The van der Waals surface area contributed by atoms with Crippen LogP contribution >= 0.6 is 0 Å². The number of carbonyl (C=O) groups is 2. The zero-order valence-corrected chi connectivity index (χ0v) is 22.0. The van der Waals surface area contributed by atoms with Gasteiger partial charge in [-0.15, -0.1) is 0 Å². The van der Waals surface area contributed by atoms with Gasteiger partial charge in [0.1, 0.15) is 0 Å². The lowest BCUT2D eigenvalue weighted by atomic mass is 9.50. The molecule has 1 heterocycles. The quantitative estimate of drug-likeness (QED) is 0.356. The summed E-state index contributed by atoms with van der Waals surface area (Å²) < 4.78 is 19.9. The summed E-state index contributed by atoms with van der Waals surface area (Å²) >= 11 is 0. The van der Waals surface area contributed by atoms with E-state index in [1.54, 1.807) is 18.2 Å². The molecule has 2 aromatic carbocycles. The molecule has 4 fully saturated rings. The molecule has 0 saturated heterocycles. The Labute approximate surface area is 228 Å². The maximum atomic E-state index is 14.0. The molecule has 4 saturated carbocycles. The molecular formula is C32H34FN3O3. The van der Waals surface area contributed by atoms with Gasteiger partial charge in [0.05, 0.1) is 24.9 Å². The van der Waals surface area contributed by atoms with Crippen molar-refractivity contribution in [3.05, 3.63) is 83.4 Å². The molecule has 202 valence electrons. The van der Waals surface area contributed by atoms with Crippen molar-refractivity contribution < 1.29 is 18.7 Å². The average molecular weight is 528 g/mol. The molecule has 6 nitrogen and oxygen atoms in total. The van der Waals surface area contributed by atoms with Gasteiger partial charge in [-0.05, 0) is 96.7 Å². The van der Waals surface area contributed by atoms with Gasteiger partial charge in [0.15, 0.2) is 5.82 Å². The Bertz CT molecular complexity index is 1370. The number of esters is 1. The van der Waals surface area contributed by atoms with Gasteiger partial charge in [-0.25, -0.2) is 4.39 Å². The summed E-state index contributed by atoms with van der Waals surface area (Å²) in [5.74, 6) is 1.23. The van der Waals surface area contributed by atoms with Gasteiger partial charge in [-0.2, -0.15) is 0 Å². The molecule has 39 heavy (non-hydrogen) atoms. The molecule has 1 amide bonds. The number of rotatable bonds is 8. The van der Waals surface area contributed by atoms with Crippen LogP contribution in [0.4, 0.5) is 10.1 Å². The van der Waals surface area contributed by atoms with Gasteiger partial charge in [0, 0.05) is 23.7 Å². The first kappa shape index (κ1) is 25.7. The number of halogens is 1. The van der Waals surface area contributed by atoms with Crippen LogP contribution in [-0.4, -0.2) is 23.5 Å². The molecule has 3 N–H and O–H groups in total. The van der Waals surface area contributed by atoms with Crippen LogP contribution < -0.4 is 11.1 Å². The van der Waals surface area contributed by atoms with E-state index in [0.29, 0.717) is 12.2 Å². The van der Waals surface area contributed by atoms with Crippen molar-refractivity contribution in [1.29, 1.82) is 0 Å². The van der Waals surface area contributed by atoms with Crippen LogP contribution in [0, 0.1) is 29.0 Å². The molecule has 1 aromatic heterocycles. The summed E-state index contributed by atoms with van der Waals surface area (Å²) in [7, 11) is 0. The number of hydrogen-bond acceptors (Lipinski definition) is 5. The lowest BCUT2D eigenvalue weighted by Crippen LogP contribution is -2.48. The molecule has 4 aliphatic rings. The molecule has 4 aliphatic carbocycles. The molecule has 0 atom stereocenters. The van der Waals surface area contributed by atoms with Gasteiger partial charge in [0.25, 0.3) is 5.91 Å². The maximum Gasteiger partial charge on any atom is 0.310 e. The van der Waals surface area contributed by atoms with Crippen LogP contribution in [0.3, 0.4) is 0 Å². The monoisotopic (exact) mass is 527 g/mol. The summed E-state index contributed by atoms with van der Waals surface area (Å²) in [6, 6.07) is 14.3. The highest BCUT2D eigenvalue weighted by atomic mass is 19.1. The second-order valence-corrected chi connectivity index (χ2v) is 11.8. The first-order valence-corrected chi connectivity index (χ1v) is 13.9. The van der Waals surface area contributed by atoms with E-state index in [1.165, 1.54) is 50.8 Å². The van der Waals surface area contributed by atoms with E-state index in [-0.39, 0.29) is 30.0 Å². The lowest BCUT2D eigenvalue weighted by Gasteiger charge is -2.56. The number of nitrogens with zero attached hydrogens (tertiary/aromatic N) is 1. The lowest BCUT2D eigenvalue weighted by molar-refractivity contribution is -0.154. The predicted octanol–water partition coefficient (Wildman–Crippen LogP) is 5.90. The van der Waals surface area contributed by atoms with Crippen LogP contribution in [0.15, 0.2) is 60.9 Å². The number of benzene rings is 2. The van der Waals surface area contributed by atoms with Crippen molar-refractivity contribution in [3.63, 3.8) is 0 Å². The Kier molecular flexibility index (Phi) is 6.94. The number of hydrogen-bond donors (Lipinski definition) is 2. The van der Waals surface area contributed by atoms with E-state index in [0.717, 1.165) is 46.2 Å². The highest BCUT2D eigenvalue weighted by Crippen LogP contribution is 2.60. The van der Waals surface area contributed by atoms with Crippen molar-refractivity contribution in [2.75, 3.05) is 11.9 Å². The number of carbonyl (C=O) groups excluding carboxylic acids is 2. The molecular weight excluding hydrogens is 493 g/mol. The molecule has 4 bridgehead atoms. The topological polar surface area (TPSA) is 94.3 Å². The van der Waals surface area contributed by atoms with Crippen molar-refractivity contribution in [1.82, 2.24) is 4.98 Å². The van der Waals surface area contributed by atoms with Crippen molar-refractivity contribution in [2.45, 2.75) is 51.5 Å². The second kappa shape index (κ2) is 10.5. The van der Waals surface area contributed by atoms with E-state index in [4.69, 9.17) is 10.5 Å². The van der Waals surface area contributed by atoms with Crippen molar-refractivity contribution in [2.24, 2.45) is 28.9 Å². The van der Waals surface area contributed by atoms with E-state index in [2.05, 4.69) is 10.3 Å². The minimum atomic E-state index is -0.604. The number of aromatic nitrogens is 1. The summed E-state index contributed by atoms with van der Waals surface area (Å²) in [5.41, 5.74) is 10.0. The summed E-state index contributed by atoms with van der Waals surface area (Å²) in [4.78, 5) is 29.5. The van der Waals surface area contributed by atoms with Gasteiger partial charge < -0.3 is 15.8 Å². The summed E-state index contributed by atoms with van der Waals surface area (Å²) in [6.45, 7) is 0.828. The van der Waals surface area contributed by atoms with Crippen LogP contribution in [0.2, 0.25) is 0 Å². The Morgan fingerprint density at radius 1 is 1.03 bits per heavy atom. The first-order valence-electron chi connectivity index (χ1n) is 13.9. The number of nitrogens with one attached hydrogen (secondary N) is 1. The standard InChI is InChI=1S/C32H34FN3O3/c33-28-18-35-7-6-29(28)36-31(38)25-4-5-26(17-34)27(13-25)24-3-1-2-20(11-24)12-30(37)39-19-32-14-21-8-22(15-32)10-23(9-21)16-32/h1-7,11,13,18,21-23H,8-10,12,14-17,19,34H2,(H,35,36,38). The third-order valence-corrected chi connectivity index (χ3v) is 8.90. The summed E-state index contributed by atoms with van der Waals surface area (Å²) in [6.07, 6.45) is 10.4. The fourth-order valence-electron chi connectivity index (χ4n) is 7.60. The van der Waals surface area contributed by atoms with E-state index >= 15 is 0 Å². The second-order valence-electron chi connectivity index (χ2n) is 11.8. The van der Waals surface area contributed by atoms with Gasteiger partial charge in [-0.1, -0.05) is 30.3 Å². The Morgan fingerprint density at radius 2 is 1.77 bits per heavy atom. The molecule has 0 radical (unpaired) electrons. The van der Waals surface area contributed by atoms with Crippen LogP contribution in [0.1, 0.15) is 60.0 Å². The van der Waals surface area contributed by atoms with Gasteiger partial charge in [0.2, 0.25) is 0 Å². The largest absolute Gasteiger partial charge is 0.465 e. The highest BCUT2D eigenvalue weighted by molar-refractivity contribution is 6.05. The molecule has 3 aromatic rings. The van der Waals surface area contributed by atoms with Crippen LogP contribution in [-0.2, 0) is 22.5 Å². The number of pyridine rings is 1. The van der Waals surface area contributed by atoms with Gasteiger partial charge >= 0.3 is 5.97 Å². The minimum Gasteiger partial charge on any atom is -0.465 e. The number of ether oxygens (including phenoxy) is 1. The van der Waals surface area contributed by atoms with E-state index in [9.17, 15) is 14.0 Å². The predicted molar refractivity (Wildman–Crippen MR) is 147 cm³/mol. The Hall–Kier alpha value is -3.58. The molecule has 7 heteroatoms. The maximum absolute atomic E-state index is 14.0. The number of nitrogens with two attached hydrogens (primary N) is 1. The van der Waals surface area contributed by atoms with E-state index < -0.39 is 11.7 Å². The smallest absolute Gasteiger partial charge is 0.310 e. The molecule has 0 aliphatic heterocycles. The number of anilines is 1. The van der Waals surface area contributed by atoms with Crippen molar-refractivity contribution >= 4 is 17.6 Å². The zero-order chi connectivity index (χ0) is 27.0. The van der Waals surface area contributed by atoms with Gasteiger partial charge in [-0.3, -0.25) is 14.6 Å². The normalized spacial score (nSPS) is 24.9. The molecule has 7 rings (SSSR count). The van der Waals surface area contributed by atoms with Crippen LogP contribution in [0.5, 0.6) is 0 Å². The van der Waals surface area contributed by atoms with Crippen LogP contribution in [0.25, 0.3) is 11.1 Å². The molecule has 0 unspecified atom stereocenters. The highest BCUT2D eigenvalue weighted by Gasteiger charge is 2.51. The third-order valence-electron chi connectivity index (χ3n) is 8.90. The minimum absolute atomic E-state index is 0.0634. The van der Waals surface area contributed by atoms with E-state index in [1.807, 2.05) is 24.3 Å². The summed E-state index contributed by atoms with van der Waals surface area (Å²) in [5, 5.41) is 2.59. The fraction of sp³-hybridized carbons (Fsp3) is 0.406. The average Bonchev–Trinajstić information content (AvgIpc) is 2.92. The third kappa shape index (κ3) is 5.46. The van der Waals surface area contributed by atoms with Crippen molar-refractivity contribution in [3.8, 4) is 11.1 Å². The fourth-order valence-corrected chi connectivity index (χ4v) is 7.60.